The largest absolute Gasteiger partial charge is 0.484 e. The first-order valence-corrected chi connectivity index (χ1v) is 11.0. The Hall–Kier alpha value is -2.32. The van der Waals surface area contributed by atoms with Gasteiger partial charge >= 0.3 is 0 Å². The Morgan fingerprint density at radius 1 is 1.14 bits per heavy atom. The molecule has 0 aromatic heterocycles. The maximum atomic E-state index is 11.9. The third-order valence-corrected chi connectivity index (χ3v) is 5.31. The average Bonchev–Trinajstić information content (AvgIpc) is 2.68. The zero-order chi connectivity index (χ0) is 21.1. The van der Waals surface area contributed by atoms with Crippen LogP contribution < -0.4 is 15.5 Å². The second-order valence-corrected chi connectivity index (χ2v) is 8.30. The van der Waals surface area contributed by atoms with Crippen LogP contribution in [-0.2, 0) is 15.3 Å². The smallest absolute Gasteiger partial charge is 0.258 e. The van der Waals surface area contributed by atoms with Gasteiger partial charge in [0.2, 0.25) is 5.91 Å². The molecule has 0 bridgehead atoms. The number of hydrogen-bond donors (Lipinski definition) is 2. The molecule has 0 aliphatic carbocycles. The minimum Gasteiger partial charge on any atom is -0.484 e. The van der Waals surface area contributed by atoms with E-state index < -0.39 is 0 Å². The van der Waals surface area contributed by atoms with Crippen LogP contribution in [0.2, 0.25) is 0 Å². The van der Waals surface area contributed by atoms with Gasteiger partial charge in [0.25, 0.3) is 5.91 Å². The van der Waals surface area contributed by atoms with Crippen LogP contribution >= 0.6 is 27.7 Å². The fraction of sp³-hybridized carbons (Fsp3) is 0.286. The number of nitrogens with zero attached hydrogens (tertiary/aromatic N) is 1. The lowest BCUT2D eigenvalue weighted by molar-refractivity contribution is -0.123. The summed E-state index contributed by atoms with van der Waals surface area (Å²) in [5.41, 5.74) is 4.48. The second kappa shape index (κ2) is 12.3. The summed E-state index contributed by atoms with van der Waals surface area (Å²) in [5.74, 6) is 1.34. The highest BCUT2D eigenvalue weighted by Gasteiger charge is 2.05. The van der Waals surface area contributed by atoms with E-state index in [1.54, 1.807) is 30.5 Å². The van der Waals surface area contributed by atoms with E-state index in [0.717, 1.165) is 21.4 Å². The standard InChI is InChI=1S/C21H24BrN3O3S/c1-15(2)24-20(26)12-28-18-9-7-16(8-10-18)11-23-25-21(27)14-29-13-17-5-3-4-6-19(17)22/h3-11,15H,12-14H2,1-2H3,(H,24,26)(H,25,27). The van der Waals surface area contributed by atoms with E-state index in [-0.39, 0.29) is 24.5 Å². The van der Waals surface area contributed by atoms with Crippen LogP contribution in [0.1, 0.15) is 25.0 Å². The van der Waals surface area contributed by atoms with E-state index in [0.29, 0.717) is 11.5 Å². The minimum absolute atomic E-state index is 0.0289. The number of ether oxygens (including phenoxy) is 1. The van der Waals surface area contributed by atoms with Gasteiger partial charge in [-0.3, -0.25) is 9.59 Å². The first-order valence-electron chi connectivity index (χ1n) is 9.09. The summed E-state index contributed by atoms with van der Waals surface area (Å²) in [6, 6.07) is 15.1. The van der Waals surface area contributed by atoms with Crippen LogP contribution in [0.25, 0.3) is 0 Å². The first-order chi connectivity index (χ1) is 13.9. The molecule has 0 radical (unpaired) electrons. The number of rotatable bonds is 10. The second-order valence-electron chi connectivity index (χ2n) is 6.46. The zero-order valence-corrected chi connectivity index (χ0v) is 18.8. The molecule has 0 aliphatic rings. The maximum absolute atomic E-state index is 11.9. The SMILES string of the molecule is CC(C)NC(=O)COc1ccc(C=NNC(=O)CSCc2ccccc2Br)cc1. The number of thioether (sulfide) groups is 1. The normalized spacial score (nSPS) is 10.9. The van der Waals surface area contributed by atoms with Crippen LogP contribution in [0.3, 0.4) is 0 Å². The Balaban J connectivity index is 1.69. The Bertz CT molecular complexity index is 841. The molecular weight excluding hydrogens is 454 g/mol. The van der Waals surface area contributed by atoms with Crippen molar-refractivity contribution in [2.45, 2.75) is 25.6 Å². The molecular formula is C21H24BrN3O3S. The van der Waals surface area contributed by atoms with Crippen LogP contribution in [0.5, 0.6) is 5.75 Å². The van der Waals surface area contributed by atoms with Gasteiger partial charge in [-0.1, -0.05) is 34.1 Å². The Kier molecular flexibility index (Phi) is 9.73. The lowest BCUT2D eigenvalue weighted by atomic mass is 10.2. The molecule has 154 valence electrons. The summed E-state index contributed by atoms with van der Waals surface area (Å²) in [5, 5.41) is 6.73. The summed E-state index contributed by atoms with van der Waals surface area (Å²) in [7, 11) is 0. The topological polar surface area (TPSA) is 79.8 Å². The van der Waals surface area contributed by atoms with E-state index in [2.05, 4.69) is 31.8 Å². The average molecular weight is 478 g/mol. The van der Waals surface area contributed by atoms with Gasteiger partial charge in [0, 0.05) is 16.3 Å². The van der Waals surface area contributed by atoms with Gasteiger partial charge < -0.3 is 10.1 Å². The number of nitrogens with one attached hydrogen (secondary N) is 2. The van der Waals surface area contributed by atoms with Gasteiger partial charge in [-0.2, -0.15) is 5.10 Å². The monoisotopic (exact) mass is 477 g/mol. The molecule has 0 unspecified atom stereocenters. The van der Waals surface area contributed by atoms with E-state index in [4.69, 9.17) is 4.74 Å². The van der Waals surface area contributed by atoms with Gasteiger partial charge in [0.05, 0.1) is 12.0 Å². The number of benzene rings is 2. The molecule has 2 N–H and O–H groups in total. The zero-order valence-electron chi connectivity index (χ0n) is 16.4. The quantitative estimate of drug-likeness (QED) is 0.403. The summed E-state index contributed by atoms with van der Waals surface area (Å²) in [6.45, 7) is 3.76. The van der Waals surface area contributed by atoms with Crippen molar-refractivity contribution >= 4 is 45.7 Å². The molecule has 29 heavy (non-hydrogen) atoms. The molecule has 0 spiro atoms. The highest BCUT2D eigenvalue weighted by atomic mass is 79.9. The molecule has 2 aromatic carbocycles. The molecule has 2 rings (SSSR count). The Morgan fingerprint density at radius 2 is 1.86 bits per heavy atom. The number of hydrazone groups is 1. The number of carbonyl (C=O) groups is 2. The molecule has 8 heteroatoms. The molecule has 0 saturated heterocycles. The van der Waals surface area contributed by atoms with Crippen LogP contribution in [0, 0.1) is 0 Å². The van der Waals surface area contributed by atoms with Gasteiger partial charge in [-0.05, 0) is 55.3 Å². The van der Waals surface area contributed by atoms with Crippen molar-refractivity contribution in [1.29, 1.82) is 0 Å². The lowest BCUT2D eigenvalue weighted by Crippen LogP contribution is -2.34. The predicted octanol–water partition coefficient (Wildman–Crippen LogP) is 3.74. The summed E-state index contributed by atoms with van der Waals surface area (Å²) >= 11 is 5.02. The first kappa shape index (κ1) is 23.0. The van der Waals surface area contributed by atoms with Crippen LogP contribution in [-0.4, -0.2) is 36.4 Å². The van der Waals surface area contributed by atoms with Gasteiger partial charge in [0.1, 0.15) is 5.75 Å². The third kappa shape index (κ3) is 9.15. The molecule has 0 saturated carbocycles. The fourth-order valence-corrected chi connectivity index (χ4v) is 3.68. The van der Waals surface area contributed by atoms with Crippen molar-refractivity contribution < 1.29 is 14.3 Å². The molecule has 0 atom stereocenters. The van der Waals surface area contributed by atoms with Crippen LogP contribution in [0.15, 0.2) is 58.1 Å². The summed E-state index contributed by atoms with van der Waals surface area (Å²) < 4.78 is 6.46. The number of hydrogen-bond acceptors (Lipinski definition) is 5. The van der Waals surface area contributed by atoms with Crippen molar-refractivity contribution in [3.63, 3.8) is 0 Å². The van der Waals surface area contributed by atoms with Gasteiger partial charge in [0.15, 0.2) is 6.61 Å². The van der Waals surface area contributed by atoms with E-state index in [9.17, 15) is 9.59 Å². The predicted molar refractivity (Wildman–Crippen MR) is 121 cm³/mol. The maximum Gasteiger partial charge on any atom is 0.258 e. The molecule has 0 aliphatic heterocycles. The number of halogens is 1. The van der Waals surface area contributed by atoms with Gasteiger partial charge in [-0.15, -0.1) is 11.8 Å². The van der Waals surface area contributed by atoms with Crippen molar-refractivity contribution in [3.8, 4) is 5.75 Å². The lowest BCUT2D eigenvalue weighted by Gasteiger charge is -2.09. The number of amides is 2. The van der Waals surface area contributed by atoms with Crippen molar-refractivity contribution in [2.24, 2.45) is 5.10 Å². The highest BCUT2D eigenvalue weighted by Crippen LogP contribution is 2.21. The van der Waals surface area contributed by atoms with Crippen molar-refractivity contribution in [3.05, 3.63) is 64.1 Å². The number of carbonyl (C=O) groups excluding carboxylic acids is 2. The molecule has 2 aromatic rings. The van der Waals surface area contributed by atoms with Gasteiger partial charge in [-0.25, -0.2) is 5.43 Å². The minimum atomic E-state index is -0.161. The fourth-order valence-electron chi connectivity index (χ4n) is 2.24. The van der Waals surface area contributed by atoms with Crippen LogP contribution in [0.4, 0.5) is 0 Å². The Morgan fingerprint density at radius 3 is 2.55 bits per heavy atom. The van der Waals surface area contributed by atoms with E-state index >= 15 is 0 Å². The van der Waals surface area contributed by atoms with Crippen molar-refractivity contribution in [1.82, 2.24) is 10.7 Å². The Labute approximate surface area is 183 Å². The highest BCUT2D eigenvalue weighted by molar-refractivity contribution is 9.10. The summed E-state index contributed by atoms with van der Waals surface area (Å²) in [6.07, 6.45) is 1.56. The summed E-state index contributed by atoms with van der Waals surface area (Å²) in [4.78, 5) is 23.4. The molecule has 6 nitrogen and oxygen atoms in total. The molecule has 0 heterocycles. The third-order valence-electron chi connectivity index (χ3n) is 3.55. The van der Waals surface area contributed by atoms with Crippen molar-refractivity contribution in [2.75, 3.05) is 12.4 Å². The molecule has 2 amide bonds. The van der Waals surface area contributed by atoms with E-state index in [1.165, 1.54) is 11.8 Å². The molecule has 0 fully saturated rings. The van der Waals surface area contributed by atoms with E-state index in [1.807, 2.05) is 38.1 Å².